The topological polar surface area (TPSA) is 20.2 Å². The molecule has 1 nitrogen and oxygen atoms in total. The second-order valence-electron chi connectivity index (χ2n) is 4.06. The molecule has 0 spiro atoms. The predicted octanol–water partition coefficient (Wildman–Crippen LogP) is 4.44. The van der Waals surface area contributed by atoms with Crippen LogP contribution < -0.4 is 0 Å². The summed E-state index contributed by atoms with van der Waals surface area (Å²) in [6.45, 7) is 2.15. The minimum atomic E-state index is -0.565. The number of aliphatic hydroxyl groups excluding tert-OH is 1. The van der Waals surface area contributed by atoms with Gasteiger partial charge in [-0.15, -0.1) is 11.3 Å². The number of benzene rings is 1. The van der Waals surface area contributed by atoms with Crippen LogP contribution in [0.15, 0.2) is 35.7 Å². The van der Waals surface area contributed by atoms with E-state index >= 15 is 0 Å². The predicted molar refractivity (Wildman–Crippen MR) is 73.8 cm³/mol. The van der Waals surface area contributed by atoms with E-state index in [1.807, 2.05) is 23.6 Å². The van der Waals surface area contributed by atoms with Gasteiger partial charge in [-0.05, 0) is 23.6 Å². The van der Waals surface area contributed by atoms with E-state index in [-0.39, 0.29) is 0 Å². The third-order valence-electron chi connectivity index (χ3n) is 2.66. The quantitative estimate of drug-likeness (QED) is 0.868. The van der Waals surface area contributed by atoms with Gasteiger partial charge in [-0.2, -0.15) is 0 Å². The molecule has 3 heteroatoms. The van der Waals surface area contributed by atoms with Crippen molar-refractivity contribution in [2.75, 3.05) is 0 Å². The molecule has 1 aromatic carbocycles. The minimum absolute atomic E-state index is 0.565. The molecule has 2 rings (SSSR count). The standard InChI is InChI=1S/C14H15ClOS/c1-2-4-10-5-3-6-11(7-10)14(16)13-8-12(15)9-17-13/h3,5-9,14,16H,2,4H2,1H3. The molecule has 0 radical (unpaired) electrons. The van der Waals surface area contributed by atoms with Gasteiger partial charge in [0.2, 0.25) is 0 Å². The molecule has 1 unspecified atom stereocenters. The van der Waals surface area contributed by atoms with Crippen LogP contribution in [-0.2, 0) is 6.42 Å². The average Bonchev–Trinajstić information content (AvgIpc) is 2.76. The molecule has 17 heavy (non-hydrogen) atoms. The third-order valence-corrected chi connectivity index (χ3v) is 4.00. The van der Waals surface area contributed by atoms with Gasteiger partial charge in [0.1, 0.15) is 6.10 Å². The first-order valence-corrected chi connectivity index (χ1v) is 6.97. The van der Waals surface area contributed by atoms with E-state index in [0.29, 0.717) is 5.02 Å². The van der Waals surface area contributed by atoms with Crippen molar-refractivity contribution in [3.8, 4) is 0 Å². The number of aryl methyl sites for hydroxylation is 1. The summed E-state index contributed by atoms with van der Waals surface area (Å²) >= 11 is 7.36. The maximum atomic E-state index is 10.2. The van der Waals surface area contributed by atoms with Crippen molar-refractivity contribution >= 4 is 22.9 Å². The maximum Gasteiger partial charge on any atom is 0.113 e. The number of hydrogen-bond donors (Lipinski definition) is 1. The van der Waals surface area contributed by atoms with Gasteiger partial charge in [0.15, 0.2) is 0 Å². The summed E-state index contributed by atoms with van der Waals surface area (Å²) in [5.41, 5.74) is 2.21. The summed E-state index contributed by atoms with van der Waals surface area (Å²) < 4.78 is 0. The molecule has 1 atom stereocenters. The molecule has 0 saturated heterocycles. The highest BCUT2D eigenvalue weighted by atomic mass is 35.5. The van der Waals surface area contributed by atoms with E-state index in [9.17, 15) is 5.11 Å². The van der Waals surface area contributed by atoms with Crippen molar-refractivity contribution < 1.29 is 5.11 Å². The van der Waals surface area contributed by atoms with E-state index < -0.39 is 6.10 Å². The van der Waals surface area contributed by atoms with Gasteiger partial charge in [-0.25, -0.2) is 0 Å². The molecule has 2 aromatic rings. The number of thiophene rings is 1. The molecule has 0 fully saturated rings. The average molecular weight is 267 g/mol. The Morgan fingerprint density at radius 3 is 2.82 bits per heavy atom. The van der Waals surface area contributed by atoms with Crippen molar-refractivity contribution in [2.45, 2.75) is 25.9 Å². The van der Waals surface area contributed by atoms with Crippen molar-refractivity contribution in [1.29, 1.82) is 0 Å². The van der Waals surface area contributed by atoms with Crippen LogP contribution in [0.5, 0.6) is 0 Å². The first kappa shape index (κ1) is 12.6. The van der Waals surface area contributed by atoms with Gasteiger partial charge in [-0.1, -0.05) is 49.2 Å². The fourth-order valence-corrected chi connectivity index (χ4v) is 2.94. The molecular formula is C14H15ClOS. The van der Waals surface area contributed by atoms with Crippen LogP contribution in [0.2, 0.25) is 5.02 Å². The first-order valence-electron chi connectivity index (χ1n) is 5.71. The maximum absolute atomic E-state index is 10.2. The monoisotopic (exact) mass is 266 g/mol. The second-order valence-corrected chi connectivity index (χ2v) is 5.44. The largest absolute Gasteiger partial charge is 0.383 e. The Balaban J connectivity index is 2.24. The van der Waals surface area contributed by atoms with Crippen LogP contribution in [0.3, 0.4) is 0 Å². The van der Waals surface area contributed by atoms with Gasteiger partial charge in [0.25, 0.3) is 0 Å². The zero-order valence-corrected chi connectivity index (χ0v) is 11.3. The molecule has 90 valence electrons. The number of rotatable bonds is 4. The van der Waals surface area contributed by atoms with Gasteiger partial charge >= 0.3 is 0 Å². The van der Waals surface area contributed by atoms with Crippen molar-refractivity contribution in [1.82, 2.24) is 0 Å². The molecular weight excluding hydrogens is 252 g/mol. The van der Waals surface area contributed by atoms with Gasteiger partial charge in [-0.3, -0.25) is 0 Å². The first-order chi connectivity index (χ1) is 8.20. The summed E-state index contributed by atoms with van der Waals surface area (Å²) in [6, 6.07) is 9.95. The highest BCUT2D eigenvalue weighted by Gasteiger charge is 2.12. The Labute approximate surface area is 111 Å². The fraction of sp³-hybridized carbons (Fsp3) is 0.286. The van der Waals surface area contributed by atoms with Crippen molar-refractivity contribution in [2.24, 2.45) is 0 Å². The van der Waals surface area contributed by atoms with Crippen molar-refractivity contribution in [3.63, 3.8) is 0 Å². The highest BCUT2D eigenvalue weighted by Crippen LogP contribution is 2.30. The van der Waals surface area contributed by atoms with Crippen LogP contribution in [-0.4, -0.2) is 5.11 Å². The molecule has 0 aliphatic heterocycles. The van der Waals surface area contributed by atoms with E-state index in [4.69, 9.17) is 11.6 Å². The molecule has 1 aromatic heterocycles. The molecule has 1 N–H and O–H groups in total. The Kier molecular flexibility index (Phi) is 4.21. The van der Waals surface area contributed by atoms with Gasteiger partial charge in [0, 0.05) is 10.3 Å². The number of halogens is 1. The van der Waals surface area contributed by atoms with Crippen LogP contribution in [0, 0.1) is 0 Å². The van der Waals surface area contributed by atoms with Crippen LogP contribution in [0.25, 0.3) is 0 Å². The van der Waals surface area contributed by atoms with Gasteiger partial charge < -0.3 is 5.11 Å². The molecule has 0 saturated carbocycles. The summed E-state index contributed by atoms with van der Waals surface area (Å²) in [5, 5.41) is 12.8. The minimum Gasteiger partial charge on any atom is -0.383 e. The highest BCUT2D eigenvalue weighted by molar-refractivity contribution is 7.10. The summed E-state index contributed by atoms with van der Waals surface area (Å²) in [5.74, 6) is 0. The smallest absolute Gasteiger partial charge is 0.113 e. The third kappa shape index (κ3) is 3.09. The van der Waals surface area contributed by atoms with Gasteiger partial charge in [0.05, 0.1) is 5.02 Å². The lowest BCUT2D eigenvalue weighted by Crippen LogP contribution is -1.98. The van der Waals surface area contributed by atoms with Crippen molar-refractivity contribution in [3.05, 3.63) is 56.7 Å². The molecule has 0 aliphatic carbocycles. The summed E-state index contributed by atoms with van der Waals surface area (Å²) in [7, 11) is 0. The van der Waals surface area contributed by atoms with Crippen LogP contribution >= 0.6 is 22.9 Å². The Hall–Kier alpha value is -0.830. The molecule has 0 aliphatic rings. The zero-order chi connectivity index (χ0) is 12.3. The van der Waals surface area contributed by atoms with E-state index in [1.165, 1.54) is 16.9 Å². The SMILES string of the molecule is CCCc1cccc(C(O)c2cc(Cl)cs2)c1. The van der Waals surface area contributed by atoms with Crippen LogP contribution in [0.4, 0.5) is 0 Å². The fourth-order valence-electron chi connectivity index (χ4n) is 1.84. The summed E-state index contributed by atoms with van der Waals surface area (Å²) in [6.07, 6.45) is 1.60. The van der Waals surface area contributed by atoms with E-state index in [0.717, 1.165) is 23.3 Å². The van der Waals surface area contributed by atoms with E-state index in [2.05, 4.69) is 19.1 Å². The molecule has 0 bridgehead atoms. The lowest BCUT2D eigenvalue weighted by Gasteiger charge is -2.10. The molecule has 0 amide bonds. The van der Waals surface area contributed by atoms with Crippen LogP contribution in [0.1, 0.15) is 35.5 Å². The number of hydrogen-bond acceptors (Lipinski definition) is 2. The van der Waals surface area contributed by atoms with E-state index in [1.54, 1.807) is 0 Å². The Morgan fingerprint density at radius 2 is 2.18 bits per heavy atom. The second kappa shape index (κ2) is 5.67. The lowest BCUT2D eigenvalue weighted by molar-refractivity contribution is 0.224. The lowest BCUT2D eigenvalue weighted by atomic mass is 10.0. The summed E-state index contributed by atoms with van der Waals surface area (Å²) in [4.78, 5) is 0.892. The normalized spacial score (nSPS) is 12.6. The zero-order valence-electron chi connectivity index (χ0n) is 9.69. The Morgan fingerprint density at radius 1 is 1.35 bits per heavy atom. The molecule has 1 heterocycles. The Bertz CT molecular complexity index is 492. The number of aliphatic hydroxyl groups is 1.